The van der Waals surface area contributed by atoms with Crippen LogP contribution in [0, 0.1) is 5.82 Å². The highest BCUT2D eigenvalue weighted by molar-refractivity contribution is 7.11. The molecule has 1 aromatic heterocycles. The van der Waals surface area contributed by atoms with E-state index in [-0.39, 0.29) is 19.0 Å². The van der Waals surface area contributed by atoms with Gasteiger partial charge in [-0.3, -0.25) is 4.79 Å². The lowest BCUT2D eigenvalue weighted by molar-refractivity contribution is -0.124. The molecule has 104 valence electrons. The van der Waals surface area contributed by atoms with Gasteiger partial charge in [0.15, 0.2) is 6.61 Å². The Kier molecular flexibility index (Phi) is 4.84. The van der Waals surface area contributed by atoms with Gasteiger partial charge in [0.2, 0.25) is 0 Å². The maximum Gasteiger partial charge on any atom is 0.348 e. The minimum atomic E-state index is -0.517. The van der Waals surface area contributed by atoms with E-state index in [1.54, 1.807) is 29.6 Å². The molecule has 0 spiro atoms. The molecule has 2 aromatic rings. The van der Waals surface area contributed by atoms with E-state index < -0.39 is 11.9 Å². The Balaban J connectivity index is 1.73. The summed E-state index contributed by atoms with van der Waals surface area (Å²) >= 11 is 1.25. The standard InChI is InChI=1S/C14H12FNO3S/c15-11-5-3-10(4-6-11)8-16-13(17)9-19-14(18)12-2-1-7-20-12/h1-7H,8-9H2,(H,16,17). The van der Waals surface area contributed by atoms with Gasteiger partial charge in [-0.1, -0.05) is 18.2 Å². The molecule has 6 heteroatoms. The minimum Gasteiger partial charge on any atom is -0.451 e. The number of rotatable bonds is 5. The molecule has 0 fully saturated rings. The van der Waals surface area contributed by atoms with Gasteiger partial charge in [-0.2, -0.15) is 0 Å². The third-order valence-electron chi connectivity index (χ3n) is 2.46. The molecule has 0 saturated carbocycles. The number of nitrogens with one attached hydrogen (secondary N) is 1. The van der Waals surface area contributed by atoms with E-state index in [4.69, 9.17) is 4.74 Å². The number of carbonyl (C=O) groups excluding carboxylic acids is 2. The van der Waals surface area contributed by atoms with Crippen LogP contribution in [0.25, 0.3) is 0 Å². The lowest BCUT2D eigenvalue weighted by Crippen LogP contribution is -2.28. The van der Waals surface area contributed by atoms with E-state index in [0.29, 0.717) is 4.88 Å². The number of hydrogen-bond donors (Lipinski definition) is 1. The molecule has 1 heterocycles. The summed E-state index contributed by atoms with van der Waals surface area (Å²) in [5.74, 6) is -1.25. The topological polar surface area (TPSA) is 55.4 Å². The maximum absolute atomic E-state index is 12.7. The second-order valence-electron chi connectivity index (χ2n) is 3.96. The molecule has 0 bridgehead atoms. The summed E-state index contributed by atoms with van der Waals surface area (Å²) < 4.78 is 17.5. The van der Waals surface area contributed by atoms with Gasteiger partial charge in [0.05, 0.1) is 0 Å². The molecule has 0 unspecified atom stereocenters. The average molecular weight is 293 g/mol. The summed E-state index contributed by atoms with van der Waals surface area (Å²) in [4.78, 5) is 23.4. The fraction of sp³-hybridized carbons (Fsp3) is 0.143. The summed E-state index contributed by atoms with van der Waals surface area (Å²) in [6.45, 7) is -0.0758. The largest absolute Gasteiger partial charge is 0.451 e. The van der Waals surface area contributed by atoms with Gasteiger partial charge in [-0.05, 0) is 29.1 Å². The van der Waals surface area contributed by atoms with Gasteiger partial charge >= 0.3 is 5.97 Å². The Morgan fingerprint density at radius 2 is 1.95 bits per heavy atom. The van der Waals surface area contributed by atoms with Crippen molar-refractivity contribution in [1.29, 1.82) is 0 Å². The molecule has 0 aliphatic carbocycles. The summed E-state index contributed by atoms with van der Waals surface area (Å²) in [7, 11) is 0. The Labute approximate surface area is 119 Å². The molecule has 1 amide bonds. The first kappa shape index (κ1) is 14.2. The van der Waals surface area contributed by atoms with Crippen LogP contribution in [0.5, 0.6) is 0 Å². The number of thiophene rings is 1. The molecule has 0 atom stereocenters. The van der Waals surface area contributed by atoms with Gasteiger partial charge in [0, 0.05) is 6.54 Å². The molecule has 0 aliphatic rings. The maximum atomic E-state index is 12.7. The van der Waals surface area contributed by atoms with Crippen molar-refractivity contribution in [2.75, 3.05) is 6.61 Å². The number of halogens is 1. The summed E-state index contributed by atoms with van der Waals surface area (Å²) in [5, 5.41) is 4.34. The van der Waals surface area contributed by atoms with E-state index in [2.05, 4.69) is 5.32 Å². The molecule has 2 rings (SSSR count). The zero-order valence-electron chi connectivity index (χ0n) is 10.5. The van der Waals surface area contributed by atoms with Crippen molar-refractivity contribution in [2.45, 2.75) is 6.54 Å². The molecule has 0 radical (unpaired) electrons. The van der Waals surface area contributed by atoms with Gasteiger partial charge in [-0.15, -0.1) is 11.3 Å². The van der Waals surface area contributed by atoms with E-state index >= 15 is 0 Å². The normalized spacial score (nSPS) is 10.1. The van der Waals surface area contributed by atoms with Crippen molar-refractivity contribution in [1.82, 2.24) is 5.32 Å². The second kappa shape index (κ2) is 6.81. The molecule has 0 saturated heterocycles. The van der Waals surface area contributed by atoms with E-state index in [0.717, 1.165) is 5.56 Å². The van der Waals surface area contributed by atoms with Gasteiger partial charge in [0.1, 0.15) is 10.7 Å². The lowest BCUT2D eigenvalue weighted by atomic mass is 10.2. The van der Waals surface area contributed by atoms with Crippen molar-refractivity contribution in [3.63, 3.8) is 0 Å². The SMILES string of the molecule is O=C(COC(=O)c1cccs1)NCc1ccc(F)cc1. The average Bonchev–Trinajstić information content (AvgIpc) is 2.98. The third kappa shape index (κ3) is 4.17. The predicted octanol–water partition coefficient (Wildman–Crippen LogP) is 2.36. The smallest absolute Gasteiger partial charge is 0.348 e. The lowest BCUT2D eigenvalue weighted by Gasteiger charge is -2.06. The molecule has 20 heavy (non-hydrogen) atoms. The van der Waals surface area contributed by atoms with Crippen LogP contribution >= 0.6 is 11.3 Å². The number of esters is 1. The number of amides is 1. The highest BCUT2D eigenvalue weighted by Gasteiger charge is 2.10. The van der Waals surface area contributed by atoms with Crippen LogP contribution in [0.15, 0.2) is 41.8 Å². The van der Waals surface area contributed by atoms with Crippen LogP contribution in [0.2, 0.25) is 0 Å². The second-order valence-corrected chi connectivity index (χ2v) is 4.90. The predicted molar refractivity (Wildman–Crippen MR) is 72.8 cm³/mol. The van der Waals surface area contributed by atoms with Crippen molar-refractivity contribution in [3.05, 3.63) is 58.0 Å². The van der Waals surface area contributed by atoms with Gasteiger partial charge in [-0.25, -0.2) is 9.18 Å². The zero-order chi connectivity index (χ0) is 14.4. The number of ether oxygens (including phenoxy) is 1. The molecular formula is C14H12FNO3S. The first-order valence-electron chi connectivity index (χ1n) is 5.87. The molecule has 4 nitrogen and oxygen atoms in total. The fourth-order valence-corrected chi connectivity index (χ4v) is 2.07. The number of carbonyl (C=O) groups is 2. The van der Waals surface area contributed by atoms with Crippen LogP contribution in [-0.4, -0.2) is 18.5 Å². The number of hydrogen-bond acceptors (Lipinski definition) is 4. The van der Waals surface area contributed by atoms with Crippen LogP contribution in [0.4, 0.5) is 4.39 Å². The third-order valence-corrected chi connectivity index (χ3v) is 3.31. The quantitative estimate of drug-likeness (QED) is 0.861. The number of benzene rings is 1. The van der Waals surface area contributed by atoms with Crippen molar-refractivity contribution < 1.29 is 18.7 Å². The summed E-state index contributed by atoms with van der Waals surface area (Å²) in [6.07, 6.45) is 0. The summed E-state index contributed by atoms with van der Waals surface area (Å²) in [6, 6.07) is 9.15. The van der Waals surface area contributed by atoms with Gasteiger partial charge in [0.25, 0.3) is 5.91 Å². The van der Waals surface area contributed by atoms with Crippen LogP contribution in [-0.2, 0) is 16.1 Å². The van der Waals surface area contributed by atoms with E-state index in [1.807, 2.05) is 0 Å². The Hall–Kier alpha value is -2.21. The molecule has 1 N–H and O–H groups in total. The Bertz CT molecular complexity index is 581. The van der Waals surface area contributed by atoms with E-state index in [1.165, 1.54) is 23.5 Å². The van der Waals surface area contributed by atoms with Crippen LogP contribution < -0.4 is 5.32 Å². The van der Waals surface area contributed by atoms with Crippen molar-refractivity contribution in [3.8, 4) is 0 Å². The Morgan fingerprint density at radius 3 is 2.60 bits per heavy atom. The summed E-state index contributed by atoms with van der Waals surface area (Å²) in [5.41, 5.74) is 0.768. The van der Waals surface area contributed by atoms with Gasteiger partial charge < -0.3 is 10.1 Å². The fourth-order valence-electron chi connectivity index (χ4n) is 1.45. The van der Waals surface area contributed by atoms with Crippen LogP contribution in [0.3, 0.4) is 0 Å². The first-order chi connectivity index (χ1) is 9.65. The molecule has 1 aromatic carbocycles. The zero-order valence-corrected chi connectivity index (χ0v) is 11.3. The minimum absolute atomic E-state index is 0.260. The molecular weight excluding hydrogens is 281 g/mol. The first-order valence-corrected chi connectivity index (χ1v) is 6.75. The monoisotopic (exact) mass is 293 g/mol. The highest BCUT2D eigenvalue weighted by Crippen LogP contribution is 2.09. The molecule has 0 aliphatic heterocycles. The van der Waals surface area contributed by atoms with Crippen molar-refractivity contribution in [2.24, 2.45) is 0 Å². The Morgan fingerprint density at radius 1 is 1.20 bits per heavy atom. The van der Waals surface area contributed by atoms with Crippen LogP contribution in [0.1, 0.15) is 15.2 Å². The van der Waals surface area contributed by atoms with Crippen molar-refractivity contribution >= 4 is 23.2 Å². The highest BCUT2D eigenvalue weighted by atomic mass is 32.1. The van der Waals surface area contributed by atoms with E-state index in [9.17, 15) is 14.0 Å².